The summed E-state index contributed by atoms with van der Waals surface area (Å²) in [6, 6.07) is 0.459. The van der Waals surface area contributed by atoms with Crippen molar-refractivity contribution < 1.29 is 4.79 Å². The van der Waals surface area contributed by atoms with E-state index in [1.807, 2.05) is 0 Å². The molecule has 1 aliphatic carbocycles. The number of nitrogens with zero attached hydrogens (tertiary/aromatic N) is 1. The average Bonchev–Trinajstić information content (AvgIpc) is 2.67. The smallest absolute Gasteiger partial charge is 0.226 e. The molecular weight excluding hydrogens is 176 g/mol. The van der Waals surface area contributed by atoms with Crippen LogP contribution in [0.4, 0.5) is 0 Å². The molecule has 2 aliphatic rings. The topological polar surface area (TPSA) is 32.3 Å². The summed E-state index contributed by atoms with van der Waals surface area (Å²) in [6.07, 6.45) is 2.23. The van der Waals surface area contributed by atoms with E-state index < -0.39 is 0 Å². The largest absolute Gasteiger partial charge is 0.338 e. The molecule has 1 amide bonds. The van der Waals surface area contributed by atoms with E-state index in [1.54, 1.807) is 0 Å². The van der Waals surface area contributed by atoms with Gasteiger partial charge in [0, 0.05) is 25.0 Å². The summed E-state index contributed by atoms with van der Waals surface area (Å²) in [5, 5.41) is 3.32. The minimum atomic E-state index is 0.343. The van der Waals surface area contributed by atoms with Crippen LogP contribution in [0.1, 0.15) is 26.7 Å². The molecule has 14 heavy (non-hydrogen) atoms. The Balaban J connectivity index is 1.94. The molecule has 1 heterocycles. The molecule has 0 bridgehead atoms. The molecule has 0 aromatic heterocycles. The van der Waals surface area contributed by atoms with Crippen molar-refractivity contribution in [3.05, 3.63) is 0 Å². The Morgan fingerprint density at radius 3 is 2.71 bits per heavy atom. The maximum Gasteiger partial charge on any atom is 0.226 e. The first-order chi connectivity index (χ1) is 6.74. The third-order valence-corrected chi connectivity index (χ3v) is 3.53. The number of amides is 1. The van der Waals surface area contributed by atoms with Crippen LogP contribution in [0.5, 0.6) is 0 Å². The summed E-state index contributed by atoms with van der Waals surface area (Å²) in [7, 11) is 0. The number of likely N-dealkylation sites (N-methyl/N-ethyl adjacent to an activating group) is 1. The Bertz CT molecular complexity index is 223. The maximum atomic E-state index is 12.0. The molecule has 80 valence electrons. The lowest BCUT2D eigenvalue weighted by molar-refractivity contribution is -0.134. The van der Waals surface area contributed by atoms with E-state index in [2.05, 4.69) is 24.1 Å². The van der Waals surface area contributed by atoms with Crippen LogP contribution in [0, 0.1) is 11.8 Å². The van der Waals surface area contributed by atoms with Crippen LogP contribution in [0.15, 0.2) is 0 Å². The van der Waals surface area contributed by atoms with E-state index in [0.29, 0.717) is 23.8 Å². The van der Waals surface area contributed by atoms with E-state index in [4.69, 9.17) is 0 Å². The SMILES string of the molecule is CCN(C(=O)C1CC1C)C1CCNC1. The predicted octanol–water partition coefficient (Wildman–Crippen LogP) is 0.853. The third kappa shape index (κ3) is 1.78. The lowest BCUT2D eigenvalue weighted by Gasteiger charge is -2.27. The van der Waals surface area contributed by atoms with Gasteiger partial charge >= 0.3 is 0 Å². The normalized spacial score (nSPS) is 35.7. The lowest BCUT2D eigenvalue weighted by atomic mass is 10.2. The van der Waals surface area contributed by atoms with E-state index in [1.165, 1.54) is 0 Å². The highest BCUT2D eigenvalue weighted by molar-refractivity contribution is 5.81. The van der Waals surface area contributed by atoms with Crippen LogP contribution in [-0.2, 0) is 4.79 Å². The van der Waals surface area contributed by atoms with E-state index >= 15 is 0 Å². The van der Waals surface area contributed by atoms with Crippen molar-refractivity contribution in [3.63, 3.8) is 0 Å². The minimum absolute atomic E-state index is 0.343. The molecule has 1 N–H and O–H groups in total. The van der Waals surface area contributed by atoms with Crippen LogP contribution in [0.3, 0.4) is 0 Å². The Hall–Kier alpha value is -0.570. The highest BCUT2D eigenvalue weighted by Gasteiger charge is 2.42. The first-order valence-corrected chi connectivity index (χ1v) is 5.75. The van der Waals surface area contributed by atoms with Crippen molar-refractivity contribution in [1.82, 2.24) is 10.2 Å². The highest BCUT2D eigenvalue weighted by Crippen LogP contribution is 2.39. The van der Waals surface area contributed by atoms with Gasteiger partial charge in [-0.1, -0.05) is 6.92 Å². The van der Waals surface area contributed by atoms with Crippen molar-refractivity contribution in [2.75, 3.05) is 19.6 Å². The van der Waals surface area contributed by atoms with Gasteiger partial charge in [-0.15, -0.1) is 0 Å². The van der Waals surface area contributed by atoms with Crippen LogP contribution in [0.2, 0.25) is 0 Å². The van der Waals surface area contributed by atoms with Crippen LogP contribution in [-0.4, -0.2) is 36.5 Å². The number of nitrogens with one attached hydrogen (secondary N) is 1. The molecule has 1 saturated heterocycles. The van der Waals surface area contributed by atoms with Gasteiger partial charge in [0.25, 0.3) is 0 Å². The Kier molecular flexibility index (Phi) is 2.77. The van der Waals surface area contributed by atoms with Gasteiger partial charge in [0.05, 0.1) is 0 Å². The minimum Gasteiger partial charge on any atom is -0.338 e. The number of carbonyl (C=O) groups excluding carboxylic acids is 1. The molecular formula is C11H20N2O. The highest BCUT2D eigenvalue weighted by atomic mass is 16.2. The van der Waals surface area contributed by atoms with E-state index in [0.717, 1.165) is 32.5 Å². The van der Waals surface area contributed by atoms with Crippen molar-refractivity contribution in [2.45, 2.75) is 32.7 Å². The standard InChI is InChI=1S/C11H20N2O/c1-3-13(9-4-5-12-7-9)11(14)10-6-8(10)2/h8-10,12H,3-7H2,1-2H3. The van der Waals surface area contributed by atoms with Crippen molar-refractivity contribution in [2.24, 2.45) is 11.8 Å². The zero-order valence-electron chi connectivity index (χ0n) is 9.12. The number of carbonyl (C=O) groups is 1. The average molecular weight is 196 g/mol. The quantitative estimate of drug-likeness (QED) is 0.726. The second-order valence-electron chi connectivity index (χ2n) is 4.59. The molecule has 1 aliphatic heterocycles. The monoisotopic (exact) mass is 196 g/mol. The molecule has 0 radical (unpaired) electrons. The fourth-order valence-electron chi connectivity index (χ4n) is 2.38. The van der Waals surface area contributed by atoms with Crippen molar-refractivity contribution >= 4 is 5.91 Å². The van der Waals surface area contributed by atoms with Gasteiger partial charge in [-0.05, 0) is 32.2 Å². The third-order valence-electron chi connectivity index (χ3n) is 3.53. The molecule has 3 atom stereocenters. The zero-order valence-corrected chi connectivity index (χ0v) is 9.12. The fraction of sp³-hybridized carbons (Fsp3) is 0.909. The van der Waals surface area contributed by atoms with Crippen LogP contribution < -0.4 is 5.32 Å². The summed E-state index contributed by atoms with van der Waals surface area (Å²) in [6.45, 7) is 7.18. The Labute approximate surface area is 85.8 Å². The molecule has 0 aromatic carbocycles. The molecule has 3 heteroatoms. The predicted molar refractivity (Wildman–Crippen MR) is 55.9 cm³/mol. The molecule has 1 saturated carbocycles. The number of hydrogen-bond donors (Lipinski definition) is 1. The molecule has 0 aromatic rings. The van der Waals surface area contributed by atoms with Crippen LogP contribution in [0.25, 0.3) is 0 Å². The zero-order chi connectivity index (χ0) is 10.1. The molecule has 3 unspecified atom stereocenters. The van der Waals surface area contributed by atoms with Gasteiger partial charge in [-0.3, -0.25) is 4.79 Å². The Morgan fingerprint density at radius 2 is 2.29 bits per heavy atom. The van der Waals surface area contributed by atoms with Gasteiger partial charge in [0.2, 0.25) is 5.91 Å². The summed E-state index contributed by atoms with van der Waals surface area (Å²) in [5.74, 6) is 1.37. The van der Waals surface area contributed by atoms with Gasteiger partial charge in [0.1, 0.15) is 0 Å². The fourth-order valence-corrected chi connectivity index (χ4v) is 2.38. The van der Waals surface area contributed by atoms with Crippen molar-refractivity contribution in [1.29, 1.82) is 0 Å². The van der Waals surface area contributed by atoms with Gasteiger partial charge in [0.15, 0.2) is 0 Å². The summed E-state index contributed by atoms with van der Waals surface area (Å²) >= 11 is 0. The summed E-state index contributed by atoms with van der Waals surface area (Å²) in [5.41, 5.74) is 0. The van der Waals surface area contributed by atoms with Gasteiger partial charge < -0.3 is 10.2 Å². The number of rotatable bonds is 3. The maximum absolute atomic E-state index is 12.0. The van der Waals surface area contributed by atoms with Crippen LogP contribution >= 0.6 is 0 Å². The second-order valence-corrected chi connectivity index (χ2v) is 4.59. The van der Waals surface area contributed by atoms with E-state index in [9.17, 15) is 4.79 Å². The summed E-state index contributed by atoms with van der Waals surface area (Å²) in [4.78, 5) is 14.1. The number of hydrogen-bond acceptors (Lipinski definition) is 2. The van der Waals surface area contributed by atoms with Gasteiger partial charge in [-0.25, -0.2) is 0 Å². The van der Waals surface area contributed by atoms with E-state index in [-0.39, 0.29) is 0 Å². The second kappa shape index (κ2) is 3.89. The first kappa shape index (κ1) is 9.97. The molecule has 2 fully saturated rings. The van der Waals surface area contributed by atoms with Gasteiger partial charge in [-0.2, -0.15) is 0 Å². The Morgan fingerprint density at radius 1 is 1.57 bits per heavy atom. The lowest BCUT2D eigenvalue weighted by Crippen LogP contribution is -2.42. The molecule has 2 rings (SSSR count). The molecule has 3 nitrogen and oxygen atoms in total. The van der Waals surface area contributed by atoms with Crippen molar-refractivity contribution in [3.8, 4) is 0 Å². The summed E-state index contributed by atoms with van der Waals surface area (Å²) < 4.78 is 0. The molecule has 0 spiro atoms. The first-order valence-electron chi connectivity index (χ1n) is 5.75.